The minimum Gasteiger partial charge on any atom is -0.394 e. The van der Waals surface area contributed by atoms with Gasteiger partial charge in [0.25, 0.3) is 5.91 Å². The molecule has 2 unspecified atom stereocenters. The van der Waals surface area contributed by atoms with Gasteiger partial charge in [0.05, 0.1) is 12.7 Å². The van der Waals surface area contributed by atoms with Crippen LogP contribution < -0.4 is 5.32 Å². The van der Waals surface area contributed by atoms with E-state index in [0.29, 0.717) is 6.42 Å². The topological polar surface area (TPSA) is 150 Å². The Morgan fingerprint density at radius 3 is 2.00 bits per heavy atom. The second-order valence-electron chi connectivity index (χ2n) is 5.31. The first kappa shape index (κ1) is 20.2. The van der Waals surface area contributed by atoms with Crippen LogP contribution >= 0.6 is 0 Å². The normalized spacial score (nSPS) is 20.5. The Labute approximate surface area is 124 Å². The number of hydrogen-bond acceptors (Lipinski definition) is 7. The first-order valence-electron chi connectivity index (χ1n) is 6.75. The summed E-state index contributed by atoms with van der Waals surface area (Å²) in [5.74, 6) is -0.175. The molecule has 0 aliphatic carbocycles. The molecule has 1 radical (unpaired) electrons. The minimum absolute atomic E-state index is 0.383. The third kappa shape index (κ3) is 6.68. The van der Waals surface area contributed by atoms with Crippen LogP contribution in [0.1, 0.15) is 27.2 Å². The smallest absolute Gasteiger partial charge is 0.251 e. The Bertz CT molecular complexity index is 313. The molecule has 0 spiro atoms. The minimum atomic E-state index is -1.95. The summed E-state index contributed by atoms with van der Waals surface area (Å²) in [6.45, 7) is 4.16. The fourth-order valence-electron chi connectivity index (χ4n) is 1.71. The van der Waals surface area contributed by atoms with Gasteiger partial charge in [-0.3, -0.25) is 4.79 Å². The van der Waals surface area contributed by atoms with Crippen LogP contribution in [0.5, 0.6) is 0 Å². The van der Waals surface area contributed by atoms with Gasteiger partial charge in [0.15, 0.2) is 6.10 Å². The quantitative estimate of drug-likeness (QED) is 0.245. The molecule has 0 fully saturated rings. The summed E-state index contributed by atoms with van der Waals surface area (Å²) in [4.78, 5) is 11.7. The number of hydrogen-bond donors (Lipinski definition) is 7. The predicted molar refractivity (Wildman–Crippen MR) is 73.9 cm³/mol. The Morgan fingerprint density at radius 2 is 1.57 bits per heavy atom. The zero-order valence-corrected chi connectivity index (χ0v) is 12.5. The van der Waals surface area contributed by atoms with E-state index in [-0.39, 0.29) is 0 Å². The van der Waals surface area contributed by atoms with Crippen molar-refractivity contribution in [2.24, 2.45) is 0 Å². The highest BCUT2D eigenvalue weighted by Gasteiger charge is 2.34. The molecule has 0 aliphatic heterocycles. The monoisotopic (exact) mass is 308 g/mol. The molecule has 0 aliphatic rings. The van der Waals surface area contributed by atoms with E-state index >= 15 is 0 Å². The van der Waals surface area contributed by atoms with Crippen molar-refractivity contribution in [1.29, 1.82) is 0 Å². The van der Waals surface area contributed by atoms with Gasteiger partial charge in [-0.2, -0.15) is 0 Å². The van der Waals surface area contributed by atoms with Crippen LogP contribution in [-0.4, -0.2) is 79.7 Å². The molecule has 0 rings (SSSR count). The van der Waals surface area contributed by atoms with Crippen LogP contribution in [0.4, 0.5) is 0 Å². The van der Waals surface area contributed by atoms with Gasteiger partial charge in [0, 0.05) is 12.0 Å². The van der Waals surface area contributed by atoms with Crippen LogP contribution in [0.15, 0.2) is 0 Å². The van der Waals surface area contributed by atoms with Crippen molar-refractivity contribution in [2.75, 3.05) is 6.61 Å². The van der Waals surface area contributed by atoms with Crippen LogP contribution in [0.3, 0.4) is 0 Å². The lowest BCUT2D eigenvalue weighted by Gasteiger charge is -2.26. The molecule has 0 aromatic carbocycles. The highest BCUT2D eigenvalue weighted by molar-refractivity contribution is 5.81. The highest BCUT2D eigenvalue weighted by Crippen LogP contribution is 2.13. The summed E-state index contributed by atoms with van der Waals surface area (Å²) in [6, 6.07) is -0.395. The molecule has 125 valence electrons. The van der Waals surface area contributed by atoms with Crippen molar-refractivity contribution >= 4 is 5.91 Å². The average Bonchev–Trinajstić information content (AvgIpc) is 2.43. The Morgan fingerprint density at radius 1 is 1.05 bits per heavy atom. The number of rotatable bonds is 9. The standard InChI is InChI=1S/C13H26NO7/c1-6(8(3)16)4-7(2)14-13(21)12(20)11(19)10(18)9(17)5-15/h7-12,15-20H,4-5H2,1-3H3,(H,14,21)/t7?,8?,9-,10-,11+,12-/m1/s1. The Balaban J connectivity index is 4.44. The summed E-state index contributed by atoms with van der Waals surface area (Å²) in [7, 11) is 0. The third-order valence-electron chi connectivity index (χ3n) is 3.25. The lowest BCUT2D eigenvalue weighted by atomic mass is 9.97. The van der Waals surface area contributed by atoms with Gasteiger partial charge in [-0.15, -0.1) is 0 Å². The zero-order chi connectivity index (χ0) is 16.7. The highest BCUT2D eigenvalue weighted by atomic mass is 16.4. The van der Waals surface area contributed by atoms with E-state index < -0.39 is 49.1 Å². The molecular formula is C13H26NO7. The fourth-order valence-corrected chi connectivity index (χ4v) is 1.71. The van der Waals surface area contributed by atoms with Gasteiger partial charge in [-0.25, -0.2) is 0 Å². The van der Waals surface area contributed by atoms with Crippen molar-refractivity contribution in [3.63, 3.8) is 0 Å². The van der Waals surface area contributed by atoms with Crippen molar-refractivity contribution < 1.29 is 35.4 Å². The maximum absolute atomic E-state index is 11.7. The second kappa shape index (κ2) is 9.29. The number of amides is 1. The molecule has 8 nitrogen and oxygen atoms in total. The number of aliphatic hydroxyl groups excluding tert-OH is 6. The van der Waals surface area contributed by atoms with Gasteiger partial charge in [-0.05, 0) is 20.3 Å². The second-order valence-corrected chi connectivity index (χ2v) is 5.31. The van der Waals surface area contributed by atoms with E-state index in [9.17, 15) is 25.2 Å². The van der Waals surface area contributed by atoms with Gasteiger partial charge < -0.3 is 36.0 Å². The van der Waals surface area contributed by atoms with Gasteiger partial charge in [0.2, 0.25) is 0 Å². The molecule has 0 aromatic rings. The summed E-state index contributed by atoms with van der Waals surface area (Å²) in [5, 5.41) is 58.2. The molecule has 1 amide bonds. The summed E-state index contributed by atoms with van der Waals surface area (Å²) in [5.41, 5.74) is 0. The Kier molecular flexibility index (Phi) is 8.95. The SMILES string of the molecule is C[C](CC(C)NC(=O)[C@H](O)[C@@H](O)[C@H](O)[C@H](O)CO)C(C)O. The largest absolute Gasteiger partial charge is 0.394 e. The van der Waals surface area contributed by atoms with Crippen LogP contribution in [0.2, 0.25) is 0 Å². The molecule has 7 N–H and O–H groups in total. The van der Waals surface area contributed by atoms with Crippen LogP contribution in [0.25, 0.3) is 0 Å². The lowest BCUT2D eigenvalue weighted by molar-refractivity contribution is -0.149. The van der Waals surface area contributed by atoms with Crippen LogP contribution in [0, 0.1) is 5.92 Å². The number of nitrogens with one attached hydrogen (secondary N) is 1. The molecule has 6 atom stereocenters. The molecule has 8 heteroatoms. The number of carbonyl (C=O) groups is 1. The van der Waals surface area contributed by atoms with E-state index in [2.05, 4.69) is 5.32 Å². The van der Waals surface area contributed by atoms with Gasteiger partial charge >= 0.3 is 0 Å². The maximum atomic E-state index is 11.7. The lowest BCUT2D eigenvalue weighted by Crippen LogP contribution is -2.53. The molecule has 0 saturated heterocycles. The molecule has 0 heterocycles. The van der Waals surface area contributed by atoms with Crippen molar-refractivity contribution in [3.8, 4) is 0 Å². The molecular weight excluding hydrogens is 282 g/mol. The fraction of sp³-hybridized carbons (Fsp3) is 0.846. The van der Waals surface area contributed by atoms with Gasteiger partial charge in [-0.1, -0.05) is 6.92 Å². The first-order chi connectivity index (χ1) is 9.61. The summed E-state index contributed by atoms with van der Waals surface area (Å²) < 4.78 is 0. The summed E-state index contributed by atoms with van der Waals surface area (Å²) >= 11 is 0. The van der Waals surface area contributed by atoms with E-state index in [1.165, 1.54) is 0 Å². The number of carbonyl (C=O) groups excluding carboxylic acids is 1. The Hall–Kier alpha value is -0.770. The maximum Gasteiger partial charge on any atom is 0.251 e. The zero-order valence-electron chi connectivity index (χ0n) is 12.5. The van der Waals surface area contributed by atoms with E-state index in [1.54, 1.807) is 20.8 Å². The summed E-state index contributed by atoms with van der Waals surface area (Å²) in [6.07, 6.45) is -7.63. The van der Waals surface area contributed by atoms with Crippen molar-refractivity contribution in [3.05, 3.63) is 5.92 Å². The molecule has 0 aromatic heterocycles. The van der Waals surface area contributed by atoms with E-state index in [0.717, 1.165) is 5.92 Å². The van der Waals surface area contributed by atoms with Crippen molar-refractivity contribution in [2.45, 2.75) is 63.8 Å². The van der Waals surface area contributed by atoms with E-state index in [4.69, 9.17) is 10.2 Å². The average molecular weight is 308 g/mol. The van der Waals surface area contributed by atoms with Gasteiger partial charge in [0.1, 0.15) is 18.3 Å². The first-order valence-corrected chi connectivity index (χ1v) is 6.75. The van der Waals surface area contributed by atoms with Crippen molar-refractivity contribution in [1.82, 2.24) is 5.32 Å². The molecule has 21 heavy (non-hydrogen) atoms. The van der Waals surface area contributed by atoms with E-state index in [1.807, 2.05) is 0 Å². The third-order valence-corrected chi connectivity index (χ3v) is 3.25. The predicted octanol–water partition coefficient (Wildman–Crippen LogP) is -2.71. The van der Waals surface area contributed by atoms with Crippen LogP contribution in [-0.2, 0) is 4.79 Å². The molecule has 0 bridgehead atoms. The number of aliphatic hydroxyl groups is 6. The molecule has 0 saturated carbocycles.